The number of nitrogens with zero attached hydrogens (tertiary/aromatic N) is 2. The second-order valence-corrected chi connectivity index (χ2v) is 12.2. The number of aryl methyl sites for hydroxylation is 2. The Kier molecular flexibility index (Phi) is 11.1. The van der Waals surface area contributed by atoms with Gasteiger partial charge in [0.25, 0.3) is 0 Å². The minimum Gasteiger partial charge on any atom is -0.508 e. The minimum absolute atomic E-state index is 0.0903. The molecular formula is C40H32ClF3N4O4. The van der Waals surface area contributed by atoms with Crippen molar-refractivity contribution in [1.29, 1.82) is 0 Å². The third kappa shape index (κ3) is 7.95. The van der Waals surface area contributed by atoms with Crippen molar-refractivity contribution in [2.75, 3.05) is 0 Å². The third-order valence-electron chi connectivity index (χ3n) is 8.18. The molecule has 0 aliphatic heterocycles. The van der Waals surface area contributed by atoms with Crippen LogP contribution in [0.2, 0.25) is 5.02 Å². The van der Waals surface area contributed by atoms with Gasteiger partial charge in [-0.15, -0.1) is 0 Å². The van der Waals surface area contributed by atoms with Crippen molar-refractivity contribution in [1.82, 2.24) is 0 Å². The molecule has 264 valence electrons. The molecule has 0 heterocycles. The third-order valence-corrected chi connectivity index (χ3v) is 8.41. The van der Waals surface area contributed by atoms with Gasteiger partial charge in [-0.3, -0.25) is 0 Å². The van der Waals surface area contributed by atoms with Crippen molar-refractivity contribution in [3.63, 3.8) is 0 Å². The molecule has 0 spiro atoms. The summed E-state index contributed by atoms with van der Waals surface area (Å²) in [4.78, 5) is 0. The standard InChI is InChI=1S/C20H16ClFN2O2.C20H16F2N2O2/c1-11-2-5-13(21)8-16(11)19-17(12-3-6-15(25)7-4-12)9-14(22)10-18(19)20(23)24-26;1-11-8-16(12-2-5-14(25)6-3-12)19(17(9-11)20(23)24-26)15-7-4-13(21)10-18(15)22/h2*2-10,25-26H,1H3,(H2,23,24). The molecule has 0 bridgehead atoms. The quantitative estimate of drug-likeness (QED) is 0.0435. The largest absolute Gasteiger partial charge is 0.508 e. The van der Waals surface area contributed by atoms with Gasteiger partial charge in [0, 0.05) is 38.9 Å². The van der Waals surface area contributed by atoms with Crippen LogP contribution in [0.3, 0.4) is 0 Å². The fourth-order valence-electron chi connectivity index (χ4n) is 5.78. The lowest BCUT2D eigenvalue weighted by atomic mass is 9.88. The second kappa shape index (κ2) is 15.6. The average molecular weight is 725 g/mol. The number of oxime groups is 2. The highest BCUT2D eigenvalue weighted by Gasteiger charge is 2.21. The van der Waals surface area contributed by atoms with Crippen molar-refractivity contribution in [3.05, 3.63) is 154 Å². The number of aromatic hydroxyl groups is 2. The summed E-state index contributed by atoms with van der Waals surface area (Å²) in [6, 6.07) is 27.4. The molecule has 6 rings (SSSR count). The minimum atomic E-state index is -0.763. The van der Waals surface area contributed by atoms with Crippen LogP contribution in [0.4, 0.5) is 13.2 Å². The molecule has 0 aliphatic carbocycles. The van der Waals surface area contributed by atoms with Crippen molar-refractivity contribution in [3.8, 4) is 56.0 Å². The highest BCUT2D eigenvalue weighted by molar-refractivity contribution is 6.31. The topological polar surface area (TPSA) is 158 Å². The van der Waals surface area contributed by atoms with Crippen LogP contribution < -0.4 is 11.5 Å². The van der Waals surface area contributed by atoms with Gasteiger partial charge in [-0.1, -0.05) is 58.3 Å². The van der Waals surface area contributed by atoms with Gasteiger partial charge in [0.2, 0.25) is 0 Å². The van der Waals surface area contributed by atoms with Crippen molar-refractivity contribution in [2.45, 2.75) is 13.8 Å². The SMILES string of the molecule is Cc1cc(C(N)=NO)c(-c2ccc(F)cc2F)c(-c2ccc(O)cc2)c1.Cc1ccc(Cl)cc1-c1c(C(N)=NO)cc(F)cc1-c1ccc(O)cc1. The van der Waals surface area contributed by atoms with E-state index in [0.717, 1.165) is 28.8 Å². The maximum absolute atomic E-state index is 14.5. The summed E-state index contributed by atoms with van der Waals surface area (Å²) in [5.41, 5.74) is 18.2. The highest BCUT2D eigenvalue weighted by atomic mass is 35.5. The molecule has 12 heteroatoms. The van der Waals surface area contributed by atoms with Gasteiger partial charge in [-0.2, -0.15) is 0 Å². The first kappa shape index (κ1) is 36.8. The van der Waals surface area contributed by atoms with Crippen molar-refractivity contribution >= 4 is 23.3 Å². The number of benzene rings is 6. The second-order valence-electron chi connectivity index (χ2n) is 11.8. The van der Waals surface area contributed by atoms with E-state index < -0.39 is 17.5 Å². The Balaban J connectivity index is 0.000000201. The first-order chi connectivity index (χ1) is 24.8. The van der Waals surface area contributed by atoms with Crippen LogP contribution in [-0.4, -0.2) is 32.3 Å². The monoisotopic (exact) mass is 724 g/mol. The fourth-order valence-corrected chi connectivity index (χ4v) is 5.95. The Morgan fingerprint density at radius 1 is 0.558 bits per heavy atom. The molecule has 8 N–H and O–H groups in total. The summed E-state index contributed by atoms with van der Waals surface area (Å²) >= 11 is 6.16. The normalized spacial score (nSPS) is 11.6. The zero-order chi connectivity index (χ0) is 37.7. The molecular weight excluding hydrogens is 693 g/mol. The molecule has 0 fully saturated rings. The summed E-state index contributed by atoms with van der Waals surface area (Å²) in [6.07, 6.45) is 0. The number of hydrogen-bond acceptors (Lipinski definition) is 6. The van der Waals surface area contributed by atoms with Gasteiger partial charge in [0.05, 0.1) is 0 Å². The lowest BCUT2D eigenvalue weighted by molar-refractivity contribution is 0.318. The van der Waals surface area contributed by atoms with E-state index in [4.69, 9.17) is 33.5 Å². The maximum atomic E-state index is 14.5. The zero-order valence-electron chi connectivity index (χ0n) is 27.7. The van der Waals surface area contributed by atoms with Gasteiger partial charge in [-0.25, -0.2) is 13.2 Å². The Labute approximate surface area is 302 Å². The van der Waals surface area contributed by atoms with Gasteiger partial charge in [0.1, 0.15) is 29.0 Å². The van der Waals surface area contributed by atoms with E-state index in [9.17, 15) is 23.4 Å². The number of nitrogens with two attached hydrogens (primary N) is 2. The number of phenolic OH excluding ortho intramolecular Hbond substituents is 2. The first-order valence-electron chi connectivity index (χ1n) is 15.6. The van der Waals surface area contributed by atoms with E-state index in [-0.39, 0.29) is 34.3 Å². The summed E-state index contributed by atoms with van der Waals surface area (Å²) < 4.78 is 42.2. The summed E-state index contributed by atoms with van der Waals surface area (Å²) in [7, 11) is 0. The van der Waals surface area contributed by atoms with E-state index in [1.807, 2.05) is 26.0 Å². The van der Waals surface area contributed by atoms with Gasteiger partial charge in [-0.05, 0) is 120 Å². The van der Waals surface area contributed by atoms with E-state index in [0.29, 0.717) is 44.0 Å². The molecule has 0 unspecified atom stereocenters. The molecule has 6 aromatic rings. The van der Waals surface area contributed by atoms with Crippen LogP contribution in [0.15, 0.2) is 120 Å². The number of halogens is 4. The predicted octanol–water partition coefficient (Wildman–Crippen LogP) is 9.33. The summed E-state index contributed by atoms with van der Waals surface area (Å²) in [5.74, 6) is -2.20. The Morgan fingerprint density at radius 3 is 1.62 bits per heavy atom. The molecule has 0 atom stereocenters. The molecule has 0 saturated heterocycles. The molecule has 0 radical (unpaired) electrons. The van der Waals surface area contributed by atoms with E-state index >= 15 is 0 Å². The van der Waals surface area contributed by atoms with Crippen LogP contribution in [0.25, 0.3) is 44.5 Å². The number of hydrogen-bond donors (Lipinski definition) is 6. The Morgan fingerprint density at radius 2 is 1.08 bits per heavy atom. The van der Waals surface area contributed by atoms with Gasteiger partial charge < -0.3 is 32.1 Å². The van der Waals surface area contributed by atoms with E-state index in [1.54, 1.807) is 42.5 Å². The summed E-state index contributed by atoms with van der Waals surface area (Å²) in [5, 5.41) is 44.0. The Bertz CT molecular complexity index is 2330. The highest BCUT2D eigenvalue weighted by Crippen LogP contribution is 2.40. The summed E-state index contributed by atoms with van der Waals surface area (Å²) in [6.45, 7) is 3.72. The predicted molar refractivity (Wildman–Crippen MR) is 197 cm³/mol. The van der Waals surface area contributed by atoms with Gasteiger partial charge in [0.15, 0.2) is 11.7 Å². The molecule has 0 aromatic heterocycles. The maximum Gasteiger partial charge on any atom is 0.170 e. The smallest absolute Gasteiger partial charge is 0.170 e. The van der Waals surface area contributed by atoms with Gasteiger partial charge >= 0.3 is 0 Å². The Hall–Kier alpha value is -6.46. The van der Waals surface area contributed by atoms with Crippen molar-refractivity contribution in [2.24, 2.45) is 21.8 Å². The first-order valence-corrected chi connectivity index (χ1v) is 15.9. The lowest BCUT2D eigenvalue weighted by Gasteiger charge is -2.17. The number of phenols is 2. The number of rotatable bonds is 6. The van der Waals surface area contributed by atoms with Crippen LogP contribution in [-0.2, 0) is 0 Å². The van der Waals surface area contributed by atoms with Crippen LogP contribution >= 0.6 is 11.6 Å². The molecule has 0 aliphatic rings. The molecule has 6 aromatic carbocycles. The molecule has 0 amide bonds. The van der Waals surface area contributed by atoms with Crippen LogP contribution in [0, 0.1) is 31.3 Å². The zero-order valence-corrected chi connectivity index (χ0v) is 28.5. The molecule has 52 heavy (non-hydrogen) atoms. The van der Waals surface area contributed by atoms with E-state index in [2.05, 4.69) is 10.3 Å². The van der Waals surface area contributed by atoms with Crippen molar-refractivity contribution < 1.29 is 33.8 Å². The lowest BCUT2D eigenvalue weighted by Crippen LogP contribution is -2.15. The average Bonchev–Trinajstić information content (AvgIpc) is 3.12. The molecule has 0 saturated carbocycles. The fraction of sp³-hybridized carbons (Fsp3) is 0.0500. The number of amidine groups is 2. The van der Waals surface area contributed by atoms with Crippen LogP contribution in [0.1, 0.15) is 22.3 Å². The van der Waals surface area contributed by atoms with Crippen LogP contribution in [0.5, 0.6) is 11.5 Å². The van der Waals surface area contributed by atoms with E-state index in [1.165, 1.54) is 42.5 Å². The molecule has 8 nitrogen and oxygen atoms in total.